The Morgan fingerprint density at radius 1 is 1.21 bits per heavy atom. The molecule has 0 spiro atoms. The van der Waals surface area contributed by atoms with Gasteiger partial charge in [-0.25, -0.2) is 13.8 Å². The Morgan fingerprint density at radius 3 is 2.44 bits per heavy atom. The summed E-state index contributed by atoms with van der Waals surface area (Å²) < 4.78 is 29.4. The van der Waals surface area contributed by atoms with E-state index in [9.17, 15) is 8.78 Å². The number of rotatable bonds is 8. The topological polar surface area (TPSA) is 66.0 Å². The maximum atomic E-state index is 14.8. The molecule has 0 aliphatic rings. The van der Waals surface area contributed by atoms with Crippen molar-refractivity contribution in [2.75, 3.05) is 11.9 Å². The summed E-state index contributed by atoms with van der Waals surface area (Å²) in [6, 6.07) is 3.38. The highest BCUT2D eigenvalue weighted by atomic mass is 19.1. The Balaban J connectivity index is 0.000000945. The first-order chi connectivity index (χ1) is 16.0. The number of aryl methyl sites for hydroxylation is 1. The van der Waals surface area contributed by atoms with Crippen molar-refractivity contribution in [3.05, 3.63) is 35.9 Å². The Hall–Kier alpha value is -2.83. The van der Waals surface area contributed by atoms with Crippen molar-refractivity contribution in [2.24, 2.45) is 10.9 Å². The van der Waals surface area contributed by atoms with Crippen LogP contribution in [0.1, 0.15) is 73.3 Å². The standard InChI is InChI=1S/C23H29F2N5.C4H10/c1-6-8-23(25,7-2)13-28-22-27-12-18-17(11-26-21(18)30-22)16-9-15(5)20(19(24)10-16)29-14(3)4;1-4(2)3/h9-12H,6-8,13H2,1-5H3,(H2,26,27,28,30);4H,1-3H3. The Bertz CT molecular complexity index is 1090. The molecule has 34 heavy (non-hydrogen) atoms. The number of nitrogens with zero attached hydrogens (tertiary/aromatic N) is 3. The Morgan fingerprint density at radius 2 is 1.88 bits per heavy atom. The molecule has 5 nitrogen and oxygen atoms in total. The molecule has 0 aliphatic carbocycles. The van der Waals surface area contributed by atoms with Gasteiger partial charge in [0.15, 0.2) is 0 Å². The Kier molecular flexibility index (Phi) is 9.71. The van der Waals surface area contributed by atoms with E-state index >= 15 is 0 Å². The highest BCUT2D eigenvalue weighted by molar-refractivity contribution is 5.94. The molecule has 1 aromatic carbocycles. The first-order valence-electron chi connectivity index (χ1n) is 12.1. The zero-order chi connectivity index (χ0) is 25.5. The van der Waals surface area contributed by atoms with E-state index in [0.29, 0.717) is 30.1 Å². The molecule has 3 rings (SSSR count). The number of aromatic nitrogens is 3. The summed E-state index contributed by atoms with van der Waals surface area (Å²) in [6.45, 7) is 16.0. The van der Waals surface area contributed by atoms with E-state index in [2.05, 4.69) is 46.0 Å². The fourth-order valence-electron chi connectivity index (χ4n) is 3.56. The SMILES string of the molecule is CC(C)C.CCCC(F)(CC)CNc1ncc2c(-c3cc(C)c(N=C(C)C)c(F)c3)c[nH]c2n1. The summed E-state index contributed by atoms with van der Waals surface area (Å²) in [5, 5.41) is 3.79. The third kappa shape index (κ3) is 7.34. The largest absolute Gasteiger partial charge is 0.351 e. The molecule has 7 heteroatoms. The molecule has 0 bridgehead atoms. The molecular weight excluding hydrogens is 432 g/mol. The van der Waals surface area contributed by atoms with Gasteiger partial charge in [0.05, 0.1) is 6.54 Å². The summed E-state index contributed by atoms with van der Waals surface area (Å²) in [5.74, 6) is 0.836. The fraction of sp³-hybridized carbons (Fsp3) is 0.519. The quantitative estimate of drug-likeness (QED) is 0.326. The Labute approximate surface area is 202 Å². The van der Waals surface area contributed by atoms with Gasteiger partial charge in [-0.3, -0.25) is 4.99 Å². The fourth-order valence-corrected chi connectivity index (χ4v) is 3.56. The van der Waals surface area contributed by atoms with Gasteiger partial charge in [0.2, 0.25) is 5.95 Å². The van der Waals surface area contributed by atoms with E-state index in [0.717, 1.165) is 40.1 Å². The predicted molar refractivity (Wildman–Crippen MR) is 141 cm³/mol. The number of hydrogen-bond donors (Lipinski definition) is 2. The first-order valence-corrected chi connectivity index (χ1v) is 12.1. The molecule has 0 saturated heterocycles. The van der Waals surface area contributed by atoms with Gasteiger partial charge < -0.3 is 10.3 Å². The third-order valence-corrected chi connectivity index (χ3v) is 5.23. The van der Waals surface area contributed by atoms with Crippen molar-refractivity contribution < 1.29 is 8.78 Å². The molecule has 2 aromatic heterocycles. The maximum Gasteiger partial charge on any atom is 0.224 e. The van der Waals surface area contributed by atoms with E-state index in [1.54, 1.807) is 12.4 Å². The van der Waals surface area contributed by atoms with E-state index < -0.39 is 5.67 Å². The zero-order valence-corrected chi connectivity index (χ0v) is 21.8. The lowest BCUT2D eigenvalue weighted by Crippen LogP contribution is -2.31. The van der Waals surface area contributed by atoms with E-state index in [-0.39, 0.29) is 12.4 Å². The highest BCUT2D eigenvalue weighted by Gasteiger charge is 2.26. The number of benzene rings is 1. The van der Waals surface area contributed by atoms with Gasteiger partial charge in [0, 0.05) is 29.1 Å². The molecule has 0 aliphatic heterocycles. The summed E-state index contributed by atoms with van der Waals surface area (Å²) in [5.41, 5.74) is 2.79. The van der Waals surface area contributed by atoms with Crippen LogP contribution in [-0.2, 0) is 0 Å². The van der Waals surface area contributed by atoms with Crippen molar-refractivity contribution in [1.29, 1.82) is 0 Å². The van der Waals surface area contributed by atoms with Crippen LogP contribution in [0.2, 0.25) is 0 Å². The number of anilines is 1. The number of halogens is 2. The third-order valence-electron chi connectivity index (χ3n) is 5.23. The number of aliphatic imine (C=N–C) groups is 1. The molecule has 0 saturated carbocycles. The average molecular weight is 472 g/mol. The molecule has 3 aromatic rings. The number of fused-ring (bicyclic) bond motifs is 1. The molecule has 0 radical (unpaired) electrons. The second-order valence-corrected chi connectivity index (χ2v) is 9.68. The van der Waals surface area contributed by atoms with Crippen LogP contribution in [0.25, 0.3) is 22.2 Å². The molecule has 186 valence electrons. The van der Waals surface area contributed by atoms with Crippen molar-refractivity contribution in [3.8, 4) is 11.1 Å². The average Bonchev–Trinajstić information content (AvgIpc) is 3.18. The predicted octanol–water partition coefficient (Wildman–Crippen LogP) is 8.18. The van der Waals surface area contributed by atoms with Crippen LogP contribution in [0.5, 0.6) is 0 Å². The van der Waals surface area contributed by atoms with Crippen LogP contribution in [0.3, 0.4) is 0 Å². The lowest BCUT2D eigenvalue weighted by molar-refractivity contribution is 0.158. The van der Waals surface area contributed by atoms with Gasteiger partial charge in [-0.2, -0.15) is 4.98 Å². The van der Waals surface area contributed by atoms with Crippen molar-refractivity contribution in [3.63, 3.8) is 0 Å². The van der Waals surface area contributed by atoms with Crippen LogP contribution < -0.4 is 5.32 Å². The molecule has 2 N–H and O–H groups in total. The van der Waals surface area contributed by atoms with E-state index in [1.165, 1.54) is 6.07 Å². The molecule has 0 amide bonds. The highest BCUT2D eigenvalue weighted by Crippen LogP contribution is 2.33. The molecule has 2 heterocycles. The summed E-state index contributed by atoms with van der Waals surface area (Å²) in [4.78, 5) is 16.2. The lowest BCUT2D eigenvalue weighted by atomic mass is 9.97. The van der Waals surface area contributed by atoms with Gasteiger partial charge in [-0.15, -0.1) is 0 Å². The number of H-pyrrole nitrogens is 1. The van der Waals surface area contributed by atoms with Crippen molar-refractivity contribution >= 4 is 28.4 Å². The van der Waals surface area contributed by atoms with Gasteiger partial charge >= 0.3 is 0 Å². The number of aromatic amines is 1. The van der Waals surface area contributed by atoms with E-state index in [4.69, 9.17) is 0 Å². The smallest absolute Gasteiger partial charge is 0.224 e. The van der Waals surface area contributed by atoms with Gasteiger partial charge in [-0.1, -0.05) is 41.0 Å². The minimum absolute atomic E-state index is 0.166. The zero-order valence-electron chi connectivity index (χ0n) is 21.8. The van der Waals surface area contributed by atoms with Gasteiger partial charge in [0.25, 0.3) is 0 Å². The molecular formula is C27H39F2N5. The van der Waals surface area contributed by atoms with Crippen LogP contribution >= 0.6 is 0 Å². The lowest BCUT2D eigenvalue weighted by Gasteiger charge is -2.23. The number of alkyl halides is 1. The second-order valence-electron chi connectivity index (χ2n) is 9.68. The summed E-state index contributed by atoms with van der Waals surface area (Å²) in [7, 11) is 0. The molecule has 1 unspecified atom stereocenters. The molecule has 0 fully saturated rings. The summed E-state index contributed by atoms with van der Waals surface area (Å²) >= 11 is 0. The van der Waals surface area contributed by atoms with Gasteiger partial charge in [-0.05, 0) is 62.8 Å². The molecule has 1 atom stereocenters. The van der Waals surface area contributed by atoms with Crippen LogP contribution in [-0.4, -0.2) is 32.9 Å². The van der Waals surface area contributed by atoms with Crippen LogP contribution in [0.15, 0.2) is 29.5 Å². The monoisotopic (exact) mass is 471 g/mol. The second kappa shape index (κ2) is 12.0. The van der Waals surface area contributed by atoms with Gasteiger partial charge in [0.1, 0.15) is 22.8 Å². The summed E-state index contributed by atoms with van der Waals surface area (Å²) in [6.07, 6.45) is 5.18. The number of nitrogens with one attached hydrogen (secondary N) is 2. The van der Waals surface area contributed by atoms with Crippen molar-refractivity contribution in [2.45, 2.75) is 80.3 Å². The minimum Gasteiger partial charge on any atom is -0.351 e. The normalized spacial score (nSPS) is 12.8. The minimum atomic E-state index is -1.27. The van der Waals surface area contributed by atoms with Crippen molar-refractivity contribution in [1.82, 2.24) is 15.0 Å². The van der Waals surface area contributed by atoms with E-state index in [1.807, 2.05) is 40.7 Å². The van der Waals surface area contributed by atoms with Crippen LogP contribution in [0.4, 0.5) is 20.4 Å². The maximum absolute atomic E-state index is 14.8. The first kappa shape index (κ1) is 27.4. The van der Waals surface area contributed by atoms with Crippen LogP contribution in [0, 0.1) is 18.7 Å². The number of hydrogen-bond acceptors (Lipinski definition) is 4.